The molecule has 0 bridgehead atoms. The minimum atomic E-state index is -0.261. The van der Waals surface area contributed by atoms with E-state index in [4.69, 9.17) is 5.73 Å². The van der Waals surface area contributed by atoms with Gasteiger partial charge in [-0.05, 0) is 25.7 Å². The molecule has 1 aliphatic carbocycles. The van der Waals surface area contributed by atoms with Crippen molar-refractivity contribution in [3.05, 3.63) is 0 Å². The predicted molar refractivity (Wildman–Crippen MR) is 62.4 cm³/mol. The highest BCUT2D eigenvalue weighted by Crippen LogP contribution is 2.37. The van der Waals surface area contributed by atoms with E-state index in [2.05, 4.69) is 26.1 Å². The largest absolute Gasteiger partial charge is 0.353 e. The van der Waals surface area contributed by atoms with Gasteiger partial charge in [0.15, 0.2) is 0 Å². The number of nitrogens with two attached hydrogens (primary N) is 1. The number of hydrogen-bond acceptors (Lipinski definition) is 2. The molecule has 3 N–H and O–H groups in total. The number of hydrogen-bond donors (Lipinski definition) is 2. The van der Waals surface area contributed by atoms with Gasteiger partial charge in [0, 0.05) is 12.6 Å². The highest BCUT2D eigenvalue weighted by atomic mass is 16.2. The van der Waals surface area contributed by atoms with E-state index in [1.165, 1.54) is 0 Å². The molecule has 1 atom stereocenters. The summed E-state index contributed by atoms with van der Waals surface area (Å²) in [6, 6.07) is 0.238. The summed E-state index contributed by atoms with van der Waals surface area (Å²) in [6.45, 7) is 6.79. The Balaban J connectivity index is 2.58. The molecular weight excluding hydrogens is 188 g/mol. The van der Waals surface area contributed by atoms with Gasteiger partial charge in [-0.2, -0.15) is 0 Å². The molecule has 1 unspecified atom stereocenters. The summed E-state index contributed by atoms with van der Waals surface area (Å²) in [5.41, 5.74) is 5.50. The molecule has 3 heteroatoms. The van der Waals surface area contributed by atoms with Gasteiger partial charge in [-0.3, -0.25) is 4.79 Å². The van der Waals surface area contributed by atoms with Gasteiger partial charge >= 0.3 is 0 Å². The van der Waals surface area contributed by atoms with Crippen LogP contribution in [-0.4, -0.2) is 18.5 Å². The van der Waals surface area contributed by atoms with Crippen LogP contribution in [-0.2, 0) is 4.79 Å². The Hall–Kier alpha value is -0.570. The molecule has 0 aliphatic heterocycles. The molecule has 0 radical (unpaired) electrons. The fourth-order valence-electron chi connectivity index (χ4n) is 2.10. The Kier molecular flexibility index (Phi) is 4.14. The second-order valence-corrected chi connectivity index (χ2v) is 5.20. The lowest BCUT2D eigenvalue weighted by Crippen LogP contribution is -2.48. The molecule has 1 saturated carbocycles. The van der Waals surface area contributed by atoms with Gasteiger partial charge in [-0.1, -0.05) is 26.7 Å². The molecule has 0 saturated heterocycles. The van der Waals surface area contributed by atoms with Gasteiger partial charge in [0.1, 0.15) is 0 Å². The van der Waals surface area contributed by atoms with E-state index in [0.29, 0.717) is 12.5 Å². The van der Waals surface area contributed by atoms with Crippen LogP contribution in [0.1, 0.15) is 46.5 Å². The van der Waals surface area contributed by atoms with Crippen molar-refractivity contribution in [3.8, 4) is 0 Å². The number of carbonyl (C=O) groups is 1. The summed E-state index contributed by atoms with van der Waals surface area (Å²) >= 11 is 0. The fourth-order valence-corrected chi connectivity index (χ4v) is 2.10. The number of rotatable bonds is 4. The minimum Gasteiger partial charge on any atom is -0.353 e. The van der Waals surface area contributed by atoms with E-state index in [1.807, 2.05) is 0 Å². The van der Waals surface area contributed by atoms with Crippen LogP contribution in [0, 0.1) is 11.3 Å². The quantitative estimate of drug-likeness (QED) is 0.744. The minimum absolute atomic E-state index is 0.170. The van der Waals surface area contributed by atoms with Gasteiger partial charge in [-0.25, -0.2) is 0 Å². The molecular formula is C12H24N2O. The molecule has 1 fully saturated rings. The van der Waals surface area contributed by atoms with Gasteiger partial charge in [-0.15, -0.1) is 0 Å². The smallest absolute Gasteiger partial charge is 0.227 e. The average molecular weight is 212 g/mol. The highest BCUT2D eigenvalue weighted by Gasteiger charge is 2.40. The third-order valence-electron chi connectivity index (χ3n) is 3.79. The predicted octanol–water partition coefficient (Wildman–Crippen LogP) is 1.67. The zero-order chi connectivity index (χ0) is 11.5. The van der Waals surface area contributed by atoms with E-state index in [1.54, 1.807) is 0 Å². The first-order chi connectivity index (χ1) is 7.02. The van der Waals surface area contributed by atoms with Gasteiger partial charge in [0.2, 0.25) is 5.91 Å². The zero-order valence-electron chi connectivity index (χ0n) is 10.2. The first-order valence-corrected chi connectivity index (χ1v) is 6.03. The van der Waals surface area contributed by atoms with Crippen LogP contribution in [0.5, 0.6) is 0 Å². The van der Waals surface area contributed by atoms with Crippen LogP contribution in [0.4, 0.5) is 0 Å². The Bertz CT molecular complexity index is 220. The molecule has 88 valence electrons. The normalized spacial score (nSPS) is 21.7. The maximum atomic E-state index is 12.1. The summed E-state index contributed by atoms with van der Waals surface area (Å²) in [5, 5.41) is 3.09. The zero-order valence-corrected chi connectivity index (χ0v) is 10.2. The van der Waals surface area contributed by atoms with Crippen LogP contribution < -0.4 is 11.1 Å². The van der Waals surface area contributed by atoms with Gasteiger partial charge in [0.05, 0.1) is 5.41 Å². The summed E-state index contributed by atoms with van der Waals surface area (Å²) in [4.78, 5) is 12.1. The van der Waals surface area contributed by atoms with Crippen molar-refractivity contribution in [2.75, 3.05) is 6.54 Å². The third-order valence-corrected chi connectivity index (χ3v) is 3.79. The molecule has 0 aromatic heterocycles. The van der Waals surface area contributed by atoms with Crippen molar-refractivity contribution < 1.29 is 4.79 Å². The topological polar surface area (TPSA) is 55.1 Å². The number of carbonyl (C=O) groups excluding carboxylic acids is 1. The second-order valence-electron chi connectivity index (χ2n) is 5.20. The summed E-state index contributed by atoms with van der Waals surface area (Å²) in [5.74, 6) is 0.647. The number of nitrogens with one attached hydrogen (secondary N) is 1. The molecule has 0 aromatic carbocycles. The summed E-state index contributed by atoms with van der Waals surface area (Å²) < 4.78 is 0. The first kappa shape index (κ1) is 12.5. The van der Waals surface area contributed by atoms with Crippen molar-refractivity contribution >= 4 is 5.91 Å². The van der Waals surface area contributed by atoms with Gasteiger partial charge in [0.25, 0.3) is 0 Å². The monoisotopic (exact) mass is 212 g/mol. The van der Waals surface area contributed by atoms with E-state index >= 15 is 0 Å². The van der Waals surface area contributed by atoms with Crippen molar-refractivity contribution in [3.63, 3.8) is 0 Å². The van der Waals surface area contributed by atoms with Crippen molar-refractivity contribution in [1.29, 1.82) is 0 Å². The van der Waals surface area contributed by atoms with Crippen LogP contribution in [0.3, 0.4) is 0 Å². The van der Waals surface area contributed by atoms with Crippen molar-refractivity contribution in [1.82, 2.24) is 5.32 Å². The van der Waals surface area contributed by atoms with E-state index in [-0.39, 0.29) is 17.4 Å². The molecule has 0 spiro atoms. The Morgan fingerprint density at radius 1 is 1.33 bits per heavy atom. The van der Waals surface area contributed by atoms with Crippen LogP contribution >= 0.6 is 0 Å². The van der Waals surface area contributed by atoms with Crippen molar-refractivity contribution in [2.45, 2.75) is 52.5 Å². The first-order valence-electron chi connectivity index (χ1n) is 6.03. The maximum absolute atomic E-state index is 12.1. The van der Waals surface area contributed by atoms with Crippen molar-refractivity contribution in [2.24, 2.45) is 17.1 Å². The standard InChI is InChI=1S/C12H24N2O/c1-9(2)10(3)14-11(15)12(8-13)6-4-5-7-12/h9-10H,4-8,13H2,1-3H3,(H,14,15). The lowest BCUT2D eigenvalue weighted by atomic mass is 9.84. The molecule has 1 amide bonds. The molecule has 15 heavy (non-hydrogen) atoms. The molecule has 1 rings (SSSR count). The van der Waals surface area contributed by atoms with Crippen LogP contribution in [0.15, 0.2) is 0 Å². The SMILES string of the molecule is CC(C)C(C)NC(=O)C1(CN)CCCC1. The van der Waals surface area contributed by atoms with E-state index < -0.39 is 0 Å². The van der Waals surface area contributed by atoms with Crippen LogP contribution in [0.25, 0.3) is 0 Å². The Morgan fingerprint density at radius 2 is 1.87 bits per heavy atom. The lowest BCUT2D eigenvalue weighted by Gasteiger charge is -2.29. The maximum Gasteiger partial charge on any atom is 0.227 e. The molecule has 1 aliphatic rings. The van der Waals surface area contributed by atoms with E-state index in [0.717, 1.165) is 25.7 Å². The lowest BCUT2D eigenvalue weighted by molar-refractivity contribution is -0.131. The average Bonchev–Trinajstić information content (AvgIpc) is 2.66. The summed E-state index contributed by atoms with van der Waals surface area (Å²) in [6.07, 6.45) is 4.20. The van der Waals surface area contributed by atoms with Crippen LogP contribution in [0.2, 0.25) is 0 Å². The third kappa shape index (κ3) is 2.71. The molecule has 0 heterocycles. The summed E-state index contributed by atoms with van der Waals surface area (Å²) in [7, 11) is 0. The highest BCUT2D eigenvalue weighted by molar-refractivity contribution is 5.83. The van der Waals surface area contributed by atoms with E-state index in [9.17, 15) is 4.79 Å². The molecule has 0 aromatic rings. The Labute approximate surface area is 92.8 Å². The number of amides is 1. The molecule has 3 nitrogen and oxygen atoms in total. The fraction of sp³-hybridized carbons (Fsp3) is 0.917. The second kappa shape index (κ2) is 4.97. The van der Waals surface area contributed by atoms with Gasteiger partial charge < -0.3 is 11.1 Å². The Morgan fingerprint density at radius 3 is 2.27 bits per heavy atom.